The van der Waals surface area contributed by atoms with Crippen molar-refractivity contribution in [1.29, 1.82) is 0 Å². The zero-order valence-electron chi connectivity index (χ0n) is 10.00. The third-order valence-electron chi connectivity index (χ3n) is 2.39. The van der Waals surface area contributed by atoms with Crippen molar-refractivity contribution >= 4 is 28.9 Å². The van der Waals surface area contributed by atoms with Gasteiger partial charge in [0.25, 0.3) is 0 Å². The summed E-state index contributed by atoms with van der Waals surface area (Å²) in [5.41, 5.74) is 1.56. The molecule has 0 aliphatic heterocycles. The molecule has 2 N–H and O–H groups in total. The number of hydrogen-bond acceptors (Lipinski definition) is 4. The van der Waals surface area contributed by atoms with E-state index in [1.807, 2.05) is 23.6 Å². The van der Waals surface area contributed by atoms with Gasteiger partial charge in [-0.1, -0.05) is 12.1 Å². The van der Waals surface area contributed by atoms with Crippen LogP contribution in [0.25, 0.3) is 10.6 Å². The van der Waals surface area contributed by atoms with Crippen LogP contribution in [0.2, 0.25) is 0 Å². The summed E-state index contributed by atoms with van der Waals surface area (Å²) in [5.74, 6) is -1.29. The summed E-state index contributed by atoms with van der Waals surface area (Å²) >= 11 is 1.52. The Hall–Kier alpha value is -2.21. The molecule has 6 heteroatoms. The average Bonchev–Trinajstić information content (AvgIpc) is 2.90. The molecule has 1 amide bonds. The summed E-state index contributed by atoms with van der Waals surface area (Å²) in [6, 6.07) is 7.31. The molecule has 0 spiro atoms. The first-order chi connectivity index (χ1) is 9.15. The summed E-state index contributed by atoms with van der Waals surface area (Å²) in [6.45, 7) is 0. The Labute approximate surface area is 113 Å². The van der Waals surface area contributed by atoms with E-state index in [2.05, 4.69) is 10.3 Å². The monoisotopic (exact) mass is 276 g/mol. The minimum atomic E-state index is -0.980. The van der Waals surface area contributed by atoms with Gasteiger partial charge in [-0.3, -0.25) is 9.59 Å². The molecule has 5 nitrogen and oxygen atoms in total. The van der Waals surface area contributed by atoms with E-state index in [4.69, 9.17) is 5.11 Å². The van der Waals surface area contributed by atoms with Crippen molar-refractivity contribution in [2.24, 2.45) is 0 Å². The highest BCUT2D eigenvalue weighted by atomic mass is 32.1. The van der Waals surface area contributed by atoms with Gasteiger partial charge in [0.2, 0.25) is 5.91 Å². The molecule has 98 valence electrons. The molecule has 19 heavy (non-hydrogen) atoms. The van der Waals surface area contributed by atoms with Crippen molar-refractivity contribution in [2.75, 3.05) is 5.32 Å². The maximum Gasteiger partial charge on any atom is 0.303 e. The van der Waals surface area contributed by atoms with Crippen molar-refractivity contribution in [3.63, 3.8) is 0 Å². The number of carboxylic acids is 1. The van der Waals surface area contributed by atoms with Crippen LogP contribution < -0.4 is 5.32 Å². The number of aliphatic carboxylic acids is 1. The fourth-order valence-corrected chi connectivity index (χ4v) is 2.18. The van der Waals surface area contributed by atoms with Crippen LogP contribution >= 0.6 is 11.3 Å². The van der Waals surface area contributed by atoms with Gasteiger partial charge in [-0.15, -0.1) is 11.3 Å². The molecule has 2 aromatic rings. The van der Waals surface area contributed by atoms with Crippen LogP contribution in [0.5, 0.6) is 0 Å². The van der Waals surface area contributed by atoms with Gasteiger partial charge in [0, 0.05) is 29.2 Å². The average molecular weight is 276 g/mol. The predicted octanol–water partition coefficient (Wildman–Crippen LogP) is 2.61. The zero-order chi connectivity index (χ0) is 13.7. The molecule has 0 unspecified atom stereocenters. The Balaban J connectivity index is 2.03. The van der Waals surface area contributed by atoms with Crippen molar-refractivity contribution in [2.45, 2.75) is 12.8 Å². The number of rotatable bonds is 5. The molecule has 1 aromatic heterocycles. The molecule has 0 aliphatic carbocycles. The van der Waals surface area contributed by atoms with Gasteiger partial charge in [-0.25, -0.2) is 4.98 Å². The number of carbonyl (C=O) groups is 2. The zero-order valence-corrected chi connectivity index (χ0v) is 10.8. The quantitative estimate of drug-likeness (QED) is 0.879. The Bertz CT molecular complexity index is 581. The Morgan fingerprint density at radius 3 is 2.84 bits per heavy atom. The second-order valence-corrected chi connectivity index (χ2v) is 4.75. The Morgan fingerprint density at radius 2 is 2.16 bits per heavy atom. The lowest BCUT2D eigenvalue weighted by atomic mass is 10.2. The first kappa shape index (κ1) is 13.2. The van der Waals surface area contributed by atoms with Crippen LogP contribution in [-0.2, 0) is 9.59 Å². The third kappa shape index (κ3) is 3.89. The maximum absolute atomic E-state index is 11.5. The predicted molar refractivity (Wildman–Crippen MR) is 73.0 cm³/mol. The lowest BCUT2D eigenvalue weighted by Crippen LogP contribution is -2.13. The molecule has 0 saturated heterocycles. The van der Waals surface area contributed by atoms with Gasteiger partial charge in [-0.05, 0) is 12.1 Å². The van der Waals surface area contributed by atoms with E-state index in [1.54, 1.807) is 12.3 Å². The van der Waals surface area contributed by atoms with E-state index >= 15 is 0 Å². The summed E-state index contributed by atoms with van der Waals surface area (Å²) in [4.78, 5) is 26.1. The topological polar surface area (TPSA) is 79.3 Å². The molecule has 0 radical (unpaired) electrons. The number of thiazole rings is 1. The minimum Gasteiger partial charge on any atom is -0.481 e. The highest BCUT2D eigenvalue weighted by molar-refractivity contribution is 7.13. The summed E-state index contributed by atoms with van der Waals surface area (Å²) in [5, 5.41) is 13.9. The maximum atomic E-state index is 11.5. The highest BCUT2D eigenvalue weighted by Crippen LogP contribution is 2.24. The first-order valence-electron chi connectivity index (χ1n) is 5.67. The summed E-state index contributed by atoms with van der Waals surface area (Å²) in [7, 11) is 0. The fraction of sp³-hybridized carbons (Fsp3) is 0.154. The second-order valence-electron chi connectivity index (χ2n) is 3.86. The molecule has 2 rings (SSSR count). The van der Waals surface area contributed by atoms with Crippen LogP contribution in [0.15, 0.2) is 35.8 Å². The van der Waals surface area contributed by atoms with Gasteiger partial charge in [0.05, 0.1) is 6.42 Å². The molecule has 1 heterocycles. The van der Waals surface area contributed by atoms with E-state index < -0.39 is 5.97 Å². The minimum absolute atomic E-state index is 0.0309. The van der Waals surface area contributed by atoms with Crippen LogP contribution in [-0.4, -0.2) is 22.0 Å². The van der Waals surface area contributed by atoms with Crippen LogP contribution in [0, 0.1) is 0 Å². The SMILES string of the molecule is O=C(O)CCC(=O)Nc1cccc(-c2nccs2)c1. The number of hydrogen-bond donors (Lipinski definition) is 2. The van der Waals surface area contributed by atoms with Crippen molar-refractivity contribution < 1.29 is 14.7 Å². The number of amides is 1. The lowest BCUT2D eigenvalue weighted by molar-refractivity contribution is -0.138. The van der Waals surface area contributed by atoms with Crippen LogP contribution in [0.1, 0.15) is 12.8 Å². The van der Waals surface area contributed by atoms with Crippen LogP contribution in [0.4, 0.5) is 5.69 Å². The van der Waals surface area contributed by atoms with Crippen LogP contribution in [0.3, 0.4) is 0 Å². The largest absolute Gasteiger partial charge is 0.481 e. The molecule has 0 fully saturated rings. The number of anilines is 1. The molecule has 0 bridgehead atoms. The standard InChI is InChI=1S/C13H12N2O3S/c16-11(4-5-12(17)18)15-10-3-1-2-9(8-10)13-14-6-7-19-13/h1-3,6-8H,4-5H2,(H,15,16)(H,17,18). The van der Waals surface area contributed by atoms with Gasteiger partial charge < -0.3 is 10.4 Å². The number of aromatic nitrogens is 1. The normalized spacial score (nSPS) is 10.1. The molecular formula is C13H12N2O3S. The van der Waals surface area contributed by atoms with Crippen molar-refractivity contribution in [1.82, 2.24) is 4.98 Å². The molecule has 0 saturated carbocycles. The first-order valence-corrected chi connectivity index (χ1v) is 6.54. The van der Waals surface area contributed by atoms with Crippen molar-refractivity contribution in [3.8, 4) is 10.6 Å². The molecular weight excluding hydrogens is 264 g/mol. The number of nitrogens with zero attached hydrogens (tertiary/aromatic N) is 1. The third-order valence-corrected chi connectivity index (χ3v) is 3.21. The number of benzene rings is 1. The summed E-state index contributed by atoms with van der Waals surface area (Å²) < 4.78 is 0. The molecule has 0 atom stereocenters. The Kier molecular flexibility index (Phi) is 4.25. The smallest absolute Gasteiger partial charge is 0.303 e. The number of carbonyl (C=O) groups excluding carboxylic acids is 1. The lowest BCUT2D eigenvalue weighted by Gasteiger charge is -2.05. The van der Waals surface area contributed by atoms with Crippen molar-refractivity contribution in [3.05, 3.63) is 35.8 Å². The molecule has 1 aromatic carbocycles. The number of carboxylic acid groups (broad SMARTS) is 1. The van der Waals surface area contributed by atoms with Gasteiger partial charge >= 0.3 is 5.97 Å². The van der Waals surface area contributed by atoms with E-state index in [-0.39, 0.29) is 18.7 Å². The van der Waals surface area contributed by atoms with E-state index in [0.29, 0.717) is 5.69 Å². The second kappa shape index (κ2) is 6.10. The van der Waals surface area contributed by atoms with E-state index in [0.717, 1.165) is 10.6 Å². The van der Waals surface area contributed by atoms with Gasteiger partial charge in [0.15, 0.2) is 0 Å². The number of nitrogens with one attached hydrogen (secondary N) is 1. The van der Waals surface area contributed by atoms with Gasteiger partial charge in [0.1, 0.15) is 5.01 Å². The summed E-state index contributed by atoms with van der Waals surface area (Å²) in [6.07, 6.45) is 1.52. The Morgan fingerprint density at radius 1 is 1.32 bits per heavy atom. The fourth-order valence-electron chi connectivity index (χ4n) is 1.54. The highest BCUT2D eigenvalue weighted by Gasteiger charge is 2.07. The molecule has 0 aliphatic rings. The van der Waals surface area contributed by atoms with E-state index in [1.165, 1.54) is 11.3 Å². The van der Waals surface area contributed by atoms with E-state index in [9.17, 15) is 9.59 Å². The van der Waals surface area contributed by atoms with Gasteiger partial charge in [-0.2, -0.15) is 0 Å².